The molecule has 0 unspecified atom stereocenters. The third kappa shape index (κ3) is 6.62. The number of hydrogen-bond acceptors (Lipinski definition) is 3. The van der Waals surface area contributed by atoms with Gasteiger partial charge in [0.1, 0.15) is 11.3 Å². The van der Waals surface area contributed by atoms with Gasteiger partial charge in [0.05, 0.1) is 6.61 Å². The van der Waals surface area contributed by atoms with E-state index in [4.69, 9.17) is 14.1 Å². The molecule has 3 heteroatoms. The van der Waals surface area contributed by atoms with Crippen LogP contribution in [0.2, 0.25) is 0 Å². The average molecular weight is 458 g/mol. The van der Waals surface area contributed by atoms with Crippen molar-refractivity contribution in [2.24, 2.45) is 0 Å². The van der Waals surface area contributed by atoms with Crippen LogP contribution < -0.4 is 4.74 Å². The van der Waals surface area contributed by atoms with Crippen LogP contribution in [0.15, 0.2) is 59.0 Å². The van der Waals surface area contributed by atoms with E-state index in [0.717, 1.165) is 41.9 Å². The van der Waals surface area contributed by atoms with Gasteiger partial charge >= 0.3 is 0 Å². The van der Waals surface area contributed by atoms with Gasteiger partial charge in [-0.1, -0.05) is 83.4 Å². The van der Waals surface area contributed by atoms with Crippen LogP contribution in [0.1, 0.15) is 83.6 Å². The summed E-state index contributed by atoms with van der Waals surface area (Å²) in [6.45, 7) is 5.28. The molecule has 0 saturated heterocycles. The third-order valence-electron chi connectivity index (χ3n) is 6.60. The number of nitrogens with zero attached hydrogens (tertiary/aromatic N) is 1. The number of hydrogen-bond donors (Lipinski definition) is 0. The van der Waals surface area contributed by atoms with Gasteiger partial charge in [0.25, 0.3) is 0 Å². The molecule has 1 heterocycles. The molecule has 0 bridgehead atoms. The number of benzene rings is 3. The molecule has 0 aliphatic heterocycles. The molecule has 0 saturated carbocycles. The second-order valence-corrected chi connectivity index (χ2v) is 9.47. The standard InChI is InChI=1S/C31H39NO2/c1-3-5-7-8-9-10-11-12-20-33-28-18-17-25-22-27(16-15-26(25)23-28)31-32-29-21-24(13-6-4-2)14-19-30(29)34-31/h14-19,21-23H,3-13,20H2,1-2H3. The summed E-state index contributed by atoms with van der Waals surface area (Å²) in [6.07, 6.45) is 14.0. The van der Waals surface area contributed by atoms with Gasteiger partial charge in [-0.2, -0.15) is 0 Å². The summed E-state index contributed by atoms with van der Waals surface area (Å²) in [6, 6.07) is 19.1. The maximum Gasteiger partial charge on any atom is 0.227 e. The minimum absolute atomic E-state index is 0.680. The van der Waals surface area contributed by atoms with Crippen LogP contribution in [0.4, 0.5) is 0 Å². The van der Waals surface area contributed by atoms with Crippen molar-refractivity contribution >= 4 is 21.9 Å². The molecule has 0 spiro atoms. The lowest BCUT2D eigenvalue weighted by atomic mass is 10.1. The molecule has 3 nitrogen and oxygen atoms in total. The maximum absolute atomic E-state index is 6.06. The SMILES string of the molecule is CCCCCCCCCCOc1ccc2cc(-c3nc4cc(CCCC)ccc4o3)ccc2c1. The molecule has 0 fully saturated rings. The lowest BCUT2D eigenvalue weighted by molar-refractivity contribution is 0.304. The minimum Gasteiger partial charge on any atom is -0.494 e. The Morgan fingerprint density at radius 2 is 1.44 bits per heavy atom. The van der Waals surface area contributed by atoms with Gasteiger partial charge in [-0.25, -0.2) is 4.98 Å². The normalized spacial score (nSPS) is 11.5. The molecule has 0 aliphatic rings. The van der Waals surface area contributed by atoms with Crippen molar-refractivity contribution in [3.63, 3.8) is 0 Å². The zero-order valence-corrected chi connectivity index (χ0v) is 20.9. The summed E-state index contributed by atoms with van der Waals surface area (Å²) in [5, 5.41) is 2.35. The molecule has 0 amide bonds. The fourth-order valence-electron chi connectivity index (χ4n) is 4.51. The van der Waals surface area contributed by atoms with Crippen molar-refractivity contribution in [1.29, 1.82) is 0 Å². The number of ether oxygens (including phenoxy) is 1. The van der Waals surface area contributed by atoms with E-state index in [1.807, 2.05) is 6.07 Å². The number of oxazole rings is 1. The summed E-state index contributed by atoms with van der Waals surface area (Å²) >= 11 is 0. The first-order valence-electron chi connectivity index (χ1n) is 13.3. The lowest BCUT2D eigenvalue weighted by Crippen LogP contribution is -1.97. The Kier molecular flexibility index (Phi) is 9.01. The van der Waals surface area contributed by atoms with E-state index in [1.54, 1.807) is 0 Å². The Morgan fingerprint density at radius 1 is 0.706 bits per heavy atom. The van der Waals surface area contributed by atoms with E-state index in [2.05, 4.69) is 62.4 Å². The zero-order valence-electron chi connectivity index (χ0n) is 20.9. The topological polar surface area (TPSA) is 35.3 Å². The van der Waals surface area contributed by atoms with Crippen LogP contribution in [-0.4, -0.2) is 11.6 Å². The Labute approximate surface area is 204 Å². The first kappa shape index (κ1) is 24.3. The summed E-state index contributed by atoms with van der Waals surface area (Å²) in [7, 11) is 0. The molecule has 0 N–H and O–H groups in total. The smallest absolute Gasteiger partial charge is 0.227 e. The summed E-state index contributed by atoms with van der Waals surface area (Å²) < 4.78 is 12.1. The van der Waals surface area contributed by atoms with Crippen molar-refractivity contribution in [2.45, 2.75) is 84.5 Å². The lowest BCUT2D eigenvalue weighted by Gasteiger charge is -2.08. The fourth-order valence-corrected chi connectivity index (χ4v) is 4.51. The van der Waals surface area contributed by atoms with Crippen molar-refractivity contribution in [3.8, 4) is 17.2 Å². The third-order valence-corrected chi connectivity index (χ3v) is 6.60. The van der Waals surface area contributed by atoms with Crippen molar-refractivity contribution in [3.05, 3.63) is 60.2 Å². The largest absolute Gasteiger partial charge is 0.494 e. The molecule has 3 aromatic carbocycles. The number of aromatic nitrogens is 1. The van der Waals surface area contributed by atoms with Gasteiger partial charge in [0.15, 0.2) is 5.58 Å². The zero-order chi connectivity index (χ0) is 23.6. The fraction of sp³-hybridized carbons (Fsp3) is 0.452. The Balaban J connectivity index is 1.33. The van der Waals surface area contributed by atoms with Crippen molar-refractivity contribution < 1.29 is 9.15 Å². The van der Waals surface area contributed by atoms with E-state index in [9.17, 15) is 0 Å². The second-order valence-electron chi connectivity index (χ2n) is 9.47. The summed E-state index contributed by atoms with van der Waals surface area (Å²) in [5.74, 6) is 1.63. The quantitative estimate of drug-likeness (QED) is 0.177. The van der Waals surface area contributed by atoms with E-state index < -0.39 is 0 Å². The van der Waals surface area contributed by atoms with Crippen LogP contribution in [0, 0.1) is 0 Å². The first-order chi connectivity index (χ1) is 16.8. The van der Waals surface area contributed by atoms with Crippen LogP contribution in [0.5, 0.6) is 5.75 Å². The summed E-state index contributed by atoms with van der Waals surface area (Å²) in [4.78, 5) is 4.77. The number of rotatable bonds is 14. The Morgan fingerprint density at radius 3 is 2.26 bits per heavy atom. The highest BCUT2D eigenvalue weighted by molar-refractivity contribution is 5.88. The second kappa shape index (κ2) is 12.6. The highest BCUT2D eigenvalue weighted by atomic mass is 16.5. The predicted molar refractivity (Wildman–Crippen MR) is 144 cm³/mol. The number of fused-ring (bicyclic) bond motifs is 2. The first-order valence-corrected chi connectivity index (χ1v) is 13.3. The van der Waals surface area contributed by atoms with Crippen molar-refractivity contribution in [2.75, 3.05) is 6.61 Å². The molecule has 4 aromatic rings. The molecule has 1 aromatic heterocycles. The monoisotopic (exact) mass is 457 g/mol. The van der Waals surface area contributed by atoms with E-state index in [1.165, 1.54) is 74.1 Å². The van der Waals surface area contributed by atoms with Gasteiger partial charge in [-0.15, -0.1) is 0 Å². The van der Waals surface area contributed by atoms with Gasteiger partial charge in [0, 0.05) is 5.56 Å². The molecule has 180 valence electrons. The molecule has 0 aliphatic carbocycles. The molecule has 0 radical (unpaired) electrons. The van der Waals surface area contributed by atoms with Crippen LogP contribution in [0.3, 0.4) is 0 Å². The van der Waals surface area contributed by atoms with Gasteiger partial charge in [0.2, 0.25) is 5.89 Å². The predicted octanol–water partition coefficient (Wildman–Crippen LogP) is 9.51. The van der Waals surface area contributed by atoms with Gasteiger partial charge in [-0.3, -0.25) is 0 Å². The minimum atomic E-state index is 0.680. The van der Waals surface area contributed by atoms with E-state index in [0.29, 0.717) is 5.89 Å². The maximum atomic E-state index is 6.06. The van der Waals surface area contributed by atoms with E-state index in [-0.39, 0.29) is 0 Å². The molecular formula is C31H39NO2. The van der Waals surface area contributed by atoms with Crippen molar-refractivity contribution in [1.82, 2.24) is 4.98 Å². The number of unbranched alkanes of at least 4 members (excludes halogenated alkanes) is 8. The molecule has 34 heavy (non-hydrogen) atoms. The number of aryl methyl sites for hydroxylation is 1. The van der Waals surface area contributed by atoms with Gasteiger partial charge in [-0.05, 0) is 72.0 Å². The average Bonchev–Trinajstić information content (AvgIpc) is 3.29. The Hall–Kier alpha value is -2.81. The highest BCUT2D eigenvalue weighted by Crippen LogP contribution is 2.29. The van der Waals surface area contributed by atoms with E-state index >= 15 is 0 Å². The molecule has 0 atom stereocenters. The van der Waals surface area contributed by atoms with Crippen LogP contribution in [-0.2, 0) is 6.42 Å². The summed E-state index contributed by atoms with van der Waals surface area (Å²) in [5.41, 5.74) is 4.12. The van der Waals surface area contributed by atoms with Gasteiger partial charge < -0.3 is 9.15 Å². The highest BCUT2D eigenvalue weighted by Gasteiger charge is 2.10. The van der Waals surface area contributed by atoms with Crippen LogP contribution >= 0.6 is 0 Å². The molecular weight excluding hydrogens is 418 g/mol. The molecule has 4 rings (SSSR count). The Bertz CT molecular complexity index is 1180. The van der Waals surface area contributed by atoms with Crippen LogP contribution in [0.25, 0.3) is 33.3 Å².